The van der Waals surface area contributed by atoms with Gasteiger partial charge in [0, 0.05) is 12.5 Å². The summed E-state index contributed by atoms with van der Waals surface area (Å²) in [6.07, 6.45) is 0. The molecule has 0 aliphatic heterocycles. The van der Waals surface area contributed by atoms with Crippen molar-refractivity contribution in [3.63, 3.8) is 0 Å². The monoisotopic (exact) mass is 304 g/mol. The molecule has 0 spiro atoms. The van der Waals surface area contributed by atoms with Crippen molar-refractivity contribution in [2.24, 2.45) is 5.92 Å². The predicted molar refractivity (Wildman–Crippen MR) is 88.2 cm³/mol. The lowest BCUT2D eigenvalue weighted by Gasteiger charge is -2.06. The minimum absolute atomic E-state index is 0.0443. The van der Waals surface area contributed by atoms with Gasteiger partial charge >= 0.3 is 0 Å². The third-order valence-electron chi connectivity index (χ3n) is 3.11. The molecule has 1 aromatic heterocycles. The highest BCUT2D eigenvalue weighted by atomic mass is 32.1. The number of carbonyl (C=O) groups excluding carboxylic acids is 1. The number of nitrogens with two attached hydrogens (primary N) is 1. The molecule has 1 aromatic carbocycles. The summed E-state index contributed by atoms with van der Waals surface area (Å²) < 4.78 is 5.20. The van der Waals surface area contributed by atoms with E-state index < -0.39 is 0 Å². The molecule has 112 valence electrons. The number of anilines is 2. The van der Waals surface area contributed by atoms with Gasteiger partial charge in [0.1, 0.15) is 5.75 Å². The van der Waals surface area contributed by atoms with Crippen molar-refractivity contribution in [1.82, 2.24) is 0 Å². The number of nitrogens with one attached hydrogen (secondary N) is 1. The van der Waals surface area contributed by atoms with E-state index in [4.69, 9.17) is 10.5 Å². The van der Waals surface area contributed by atoms with Crippen molar-refractivity contribution in [3.05, 3.63) is 40.8 Å². The van der Waals surface area contributed by atoms with Crippen LogP contribution in [0.3, 0.4) is 0 Å². The van der Waals surface area contributed by atoms with E-state index in [9.17, 15) is 4.79 Å². The zero-order valence-corrected chi connectivity index (χ0v) is 13.3. The summed E-state index contributed by atoms with van der Waals surface area (Å²) in [5.41, 5.74) is 7.58. The Balaban J connectivity index is 2.07. The number of rotatable bonds is 6. The van der Waals surface area contributed by atoms with E-state index in [1.807, 2.05) is 44.2 Å². The van der Waals surface area contributed by atoms with Crippen molar-refractivity contribution in [2.75, 3.05) is 18.2 Å². The molecule has 0 atom stereocenters. The first-order valence-corrected chi connectivity index (χ1v) is 7.63. The molecule has 21 heavy (non-hydrogen) atoms. The predicted octanol–water partition coefficient (Wildman–Crippen LogP) is 3.79. The van der Waals surface area contributed by atoms with Gasteiger partial charge in [-0.25, -0.2) is 0 Å². The molecule has 4 nitrogen and oxygen atoms in total. The van der Waals surface area contributed by atoms with Crippen LogP contribution in [0.4, 0.5) is 10.7 Å². The molecule has 0 unspecified atom stereocenters. The van der Waals surface area contributed by atoms with Crippen LogP contribution in [-0.2, 0) is 6.54 Å². The second-order valence-corrected chi connectivity index (χ2v) is 6.17. The van der Waals surface area contributed by atoms with Crippen LogP contribution in [0.5, 0.6) is 5.75 Å². The van der Waals surface area contributed by atoms with Gasteiger partial charge in [-0.05, 0) is 23.8 Å². The lowest BCUT2D eigenvalue weighted by Crippen LogP contribution is -2.07. The molecular formula is C16H20N2O2S. The second-order valence-electron chi connectivity index (χ2n) is 5.12. The highest BCUT2D eigenvalue weighted by Crippen LogP contribution is 2.31. The number of nitrogen functional groups attached to an aromatic ring is 1. The number of Topliss-reactive ketones (excluding diaryl/α,β-unsaturated/α-hetero) is 1. The van der Waals surface area contributed by atoms with Crippen molar-refractivity contribution in [2.45, 2.75) is 20.4 Å². The molecular weight excluding hydrogens is 284 g/mol. The van der Waals surface area contributed by atoms with E-state index in [2.05, 4.69) is 5.32 Å². The number of hydrogen-bond acceptors (Lipinski definition) is 5. The molecule has 5 heteroatoms. The molecule has 0 aliphatic rings. The molecule has 3 N–H and O–H groups in total. The van der Waals surface area contributed by atoms with Gasteiger partial charge in [0.25, 0.3) is 0 Å². The molecule has 0 aliphatic carbocycles. The molecule has 2 rings (SSSR count). The van der Waals surface area contributed by atoms with Gasteiger partial charge in [-0.1, -0.05) is 26.0 Å². The van der Waals surface area contributed by atoms with Gasteiger partial charge < -0.3 is 15.8 Å². The Hall–Kier alpha value is -2.01. The van der Waals surface area contributed by atoms with Crippen LogP contribution in [-0.4, -0.2) is 12.9 Å². The maximum atomic E-state index is 12.0. The summed E-state index contributed by atoms with van der Waals surface area (Å²) in [5, 5.41) is 4.20. The number of ketones is 1. The summed E-state index contributed by atoms with van der Waals surface area (Å²) in [6.45, 7) is 4.42. The summed E-state index contributed by atoms with van der Waals surface area (Å²) in [6, 6.07) is 9.68. The van der Waals surface area contributed by atoms with Crippen LogP contribution in [0, 0.1) is 5.92 Å². The highest BCUT2D eigenvalue weighted by molar-refractivity contribution is 7.18. The summed E-state index contributed by atoms with van der Waals surface area (Å²) >= 11 is 1.41. The van der Waals surface area contributed by atoms with Crippen LogP contribution >= 0.6 is 11.3 Å². The fourth-order valence-electron chi connectivity index (χ4n) is 1.92. The molecule has 0 bridgehead atoms. The minimum atomic E-state index is -0.0443. The van der Waals surface area contributed by atoms with E-state index in [0.29, 0.717) is 17.1 Å². The second kappa shape index (κ2) is 6.63. The van der Waals surface area contributed by atoms with Crippen molar-refractivity contribution >= 4 is 27.8 Å². The molecule has 1 heterocycles. The smallest absolute Gasteiger partial charge is 0.177 e. The van der Waals surface area contributed by atoms with E-state index in [0.717, 1.165) is 16.3 Å². The molecule has 0 amide bonds. The van der Waals surface area contributed by atoms with Crippen LogP contribution in [0.2, 0.25) is 0 Å². The van der Waals surface area contributed by atoms with Crippen LogP contribution < -0.4 is 15.8 Å². The lowest BCUT2D eigenvalue weighted by atomic mass is 10.1. The maximum Gasteiger partial charge on any atom is 0.177 e. The first kappa shape index (κ1) is 15.4. The molecule has 0 saturated carbocycles. The summed E-state index contributed by atoms with van der Waals surface area (Å²) in [7, 11) is 1.65. The zero-order valence-electron chi connectivity index (χ0n) is 12.5. The Labute approximate surface area is 128 Å². The lowest BCUT2D eigenvalue weighted by molar-refractivity contribution is 0.0944. The summed E-state index contributed by atoms with van der Waals surface area (Å²) in [4.78, 5) is 12.7. The quantitative estimate of drug-likeness (QED) is 0.797. The Kier molecular flexibility index (Phi) is 4.85. The largest absolute Gasteiger partial charge is 0.497 e. The maximum absolute atomic E-state index is 12.0. The van der Waals surface area contributed by atoms with Crippen molar-refractivity contribution in [1.29, 1.82) is 0 Å². The van der Waals surface area contributed by atoms with Crippen LogP contribution in [0.25, 0.3) is 0 Å². The van der Waals surface area contributed by atoms with Gasteiger partial charge in [-0.2, -0.15) is 0 Å². The van der Waals surface area contributed by atoms with E-state index in [1.165, 1.54) is 11.3 Å². The standard InChI is InChI=1S/C16H20N2O2S/c1-10(2)15(19)16-13(17)8-14(21-16)18-9-11-5-4-6-12(7-11)20-3/h4-8,10,18H,9,17H2,1-3H3. The Morgan fingerprint density at radius 1 is 1.38 bits per heavy atom. The fourth-order valence-corrected chi connectivity index (χ4v) is 2.98. The molecule has 0 saturated heterocycles. The number of carbonyl (C=O) groups is 1. The zero-order chi connectivity index (χ0) is 15.4. The first-order valence-electron chi connectivity index (χ1n) is 6.81. The topological polar surface area (TPSA) is 64.3 Å². The van der Waals surface area contributed by atoms with E-state index in [1.54, 1.807) is 7.11 Å². The number of methoxy groups -OCH3 is 1. The molecule has 0 fully saturated rings. The Morgan fingerprint density at radius 3 is 2.81 bits per heavy atom. The normalized spacial score (nSPS) is 10.7. The average molecular weight is 304 g/mol. The number of hydrogen-bond donors (Lipinski definition) is 2. The Bertz CT molecular complexity index is 635. The molecule has 0 radical (unpaired) electrons. The number of ether oxygens (including phenoxy) is 1. The van der Waals surface area contributed by atoms with Gasteiger partial charge in [-0.3, -0.25) is 4.79 Å². The third-order valence-corrected chi connectivity index (χ3v) is 4.23. The average Bonchev–Trinajstić information content (AvgIpc) is 2.85. The van der Waals surface area contributed by atoms with Crippen molar-refractivity contribution in [3.8, 4) is 5.75 Å². The first-order chi connectivity index (χ1) is 10.0. The van der Waals surface area contributed by atoms with Gasteiger partial charge in [-0.15, -0.1) is 11.3 Å². The molecule has 2 aromatic rings. The van der Waals surface area contributed by atoms with Gasteiger partial charge in [0.05, 0.1) is 22.7 Å². The minimum Gasteiger partial charge on any atom is -0.497 e. The van der Waals surface area contributed by atoms with Gasteiger partial charge in [0.2, 0.25) is 0 Å². The SMILES string of the molecule is COc1cccc(CNc2cc(N)c(C(=O)C(C)C)s2)c1. The van der Waals surface area contributed by atoms with Crippen molar-refractivity contribution < 1.29 is 9.53 Å². The number of thiophene rings is 1. The van der Waals surface area contributed by atoms with Crippen LogP contribution in [0.15, 0.2) is 30.3 Å². The Morgan fingerprint density at radius 2 is 2.14 bits per heavy atom. The summed E-state index contributed by atoms with van der Waals surface area (Å²) in [5.74, 6) is 0.875. The number of benzene rings is 1. The van der Waals surface area contributed by atoms with Gasteiger partial charge in [0.15, 0.2) is 5.78 Å². The van der Waals surface area contributed by atoms with Crippen LogP contribution in [0.1, 0.15) is 29.1 Å². The third kappa shape index (κ3) is 3.76. The van der Waals surface area contributed by atoms with E-state index >= 15 is 0 Å². The van der Waals surface area contributed by atoms with E-state index in [-0.39, 0.29) is 11.7 Å². The highest BCUT2D eigenvalue weighted by Gasteiger charge is 2.17. The fraction of sp³-hybridized carbons (Fsp3) is 0.312.